The summed E-state index contributed by atoms with van der Waals surface area (Å²) in [7, 11) is 0. The van der Waals surface area contributed by atoms with Gasteiger partial charge in [0, 0.05) is 42.3 Å². The quantitative estimate of drug-likeness (QED) is 0.575. The van der Waals surface area contributed by atoms with Gasteiger partial charge in [-0.1, -0.05) is 0 Å². The molecule has 0 spiro atoms. The first-order valence-electron chi connectivity index (χ1n) is 12.1. The molecular weight excluding hydrogens is 463 g/mol. The van der Waals surface area contributed by atoms with Crippen LogP contribution in [0.15, 0.2) is 24.7 Å². The number of aryl methyl sites for hydroxylation is 2. The molecule has 1 aliphatic rings. The van der Waals surface area contributed by atoms with Crippen LogP contribution < -0.4 is 5.32 Å². The number of imidazole rings is 1. The van der Waals surface area contributed by atoms with Gasteiger partial charge >= 0.3 is 6.09 Å². The number of nitrogens with zero attached hydrogens (tertiary/aromatic N) is 5. The first-order chi connectivity index (χ1) is 16.8. The van der Waals surface area contributed by atoms with Crippen molar-refractivity contribution in [2.45, 2.75) is 85.0 Å². The van der Waals surface area contributed by atoms with E-state index in [1.807, 2.05) is 34.6 Å². The molecule has 4 heterocycles. The fourth-order valence-corrected chi connectivity index (χ4v) is 4.77. The van der Waals surface area contributed by atoms with Crippen molar-refractivity contribution < 1.29 is 18.7 Å². The Balaban J connectivity index is 1.46. The topological polar surface area (TPSA) is 102 Å². The Morgan fingerprint density at radius 2 is 1.78 bits per heavy atom. The molecule has 1 fully saturated rings. The van der Waals surface area contributed by atoms with Gasteiger partial charge < -0.3 is 19.4 Å². The number of likely N-dealkylation sites (tertiary alicyclic amines) is 1. The van der Waals surface area contributed by atoms with E-state index in [4.69, 9.17) is 4.74 Å². The molecule has 36 heavy (non-hydrogen) atoms. The third kappa shape index (κ3) is 5.32. The lowest BCUT2D eigenvalue weighted by molar-refractivity contribution is -0.00355. The minimum absolute atomic E-state index is 0.0924. The van der Waals surface area contributed by atoms with Gasteiger partial charge in [-0.2, -0.15) is 0 Å². The van der Waals surface area contributed by atoms with E-state index in [9.17, 15) is 14.0 Å². The molecule has 192 valence electrons. The van der Waals surface area contributed by atoms with Gasteiger partial charge in [-0.05, 0) is 67.4 Å². The highest BCUT2D eigenvalue weighted by atomic mass is 19.1. The van der Waals surface area contributed by atoms with Crippen LogP contribution in [0.5, 0.6) is 0 Å². The highest BCUT2D eigenvalue weighted by Crippen LogP contribution is 2.26. The number of hydrogen-bond donors (Lipinski definition) is 1. The number of fused-ring (bicyclic) bond motifs is 1. The number of ether oxygens (including phenoxy) is 1. The molecule has 1 saturated heterocycles. The second-order valence-electron chi connectivity index (χ2n) is 10.6. The summed E-state index contributed by atoms with van der Waals surface area (Å²) in [5.41, 5.74) is 1.71. The number of hydrogen-bond acceptors (Lipinski definition) is 6. The molecule has 9 nitrogen and oxygen atoms in total. The first kappa shape index (κ1) is 25.5. The largest absolute Gasteiger partial charge is 0.444 e. The van der Waals surface area contributed by atoms with Crippen molar-refractivity contribution in [2.24, 2.45) is 0 Å². The SMILES string of the molecule is Cc1cn2cc(-c3ncc(C(=O)NC4CC(C)N(C(=O)OC(C)(C)C)C(C)C4)c(C)n3)cc(F)c2n1. The van der Waals surface area contributed by atoms with Gasteiger partial charge in [0.25, 0.3) is 5.91 Å². The third-order valence-electron chi connectivity index (χ3n) is 6.25. The van der Waals surface area contributed by atoms with Crippen molar-refractivity contribution in [2.75, 3.05) is 0 Å². The summed E-state index contributed by atoms with van der Waals surface area (Å²) >= 11 is 0. The van der Waals surface area contributed by atoms with E-state index in [1.165, 1.54) is 12.3 Å². The van der Waals surface area contributed by atoms with E-state index in [0.29, 0.717) is 41.2 Å². The van der Waals surface area contributed by atoms with Crippen molar-refractivity contribution in [3.63, 3.8) is 0 Å². The predicted molar refractivity (Wildman–Crippen MR) is 133 cm³/mol. The second-order valence-corrected chi connectivity index (χ2v) is 10.6. The van der Waals surface area contributed by atoms with Crippen LogP contribution in [0.1, 0.15) is 69.2 Å². The number of aromatic nitrogens is 4. The van der Waals surface area contributed by atoms with Crippen LogP contribution in [0.3, 0.4) is 0 Å². The van der Waals surface area contributed by atoms with Crippen molar-refractivity contribution in [3.8, 4) is 11.4 Å². The lowest BCUT2D eigenvalue weighted by Crippen LogP contribution is -2.56. The average molecular weight is 497 g/mol. The zero-order valence-electron chi connectivity index (χ0n) is 21.8. The zero-order valence-corrected chi connectivity index (χ0v) is 21.8. The summed E-state index contributed by atoms with van der Waals surface area (Å²) in [5, 5.41) is 3.07. The normalized spacial score (nSPS) is 20.4. The van der Waals surface area contributed by atoms with E-state index in [0.717, 1.165) is 0 Å². The van der Waals surface area contributed by atoms with Crippen LogP contribution in [0.4, 0.5) is 9.18 Å². The number of nitrogens with one attached hydrogen (secondary N) is 1. The minimum atomic E-state index is -0.569. The fourth-order valence-electron chi connectivity index (χ4n) is 4.77. The summed E-state index contributed by atoms with van der Waals surface area (Å²) in [4.78, 5) is 40.4. The fraction of sp³-hybridized carbons (Fsp3) is 0.500. The molecule has 0 saturated carbocycles. The number of piperidine rings is 1. The number of amides is 2. The monoisotopic (exact) mass is 496 g/mol. The highest BCUT2D eigenvalue weighted by molar-refractivity contribution is 5.95. The van der Waals surface area contributed by atoms with Gasteiger partial charge in [0.15, 0.2) is 17.3 Å². The Bertz CT molecular complexity index is 1300. The molecular formula is C26H33FN6O3. The maximum absolute atomic E-state index is 14.5. The molecule has 0 radical (unpaired) electrons. The van der Waals surface area contributed by atoms with Crippen molar-refractivity contribution in [1.29, 1.82) is 0 Å². The standard InChI is InChI=1S/C26H33FN6O3/c1-14-12-32-13-18(10-21(27)23(32)29-14)22-28-11-20(17(4)30-22)24(34)31-19-8-15(2)33(16(3)9-19)25(35)36-26(5,6)7/h10-13,15-16,19H,8-9H2,1-7H3,(H,31,34). The van der Waals surface area contributed by atoms with E-state index in [2.05, 4.69) is 20.3 Å². The second kappa shape index (κ2) is 9.48. The Morgan fingerprint density at radius 1 is 1.11 bits per heavy atom. The molecule has 1 N–H and O–H groups in total. The molecule has 10 heteroatoms. The van der Waals surface area contributed by atoms with E-state index in [1.54, 1.807) is 35.5 Å². The van der Waals surface area contributed by atoms with Crippen LogP contribution in [0.25, 0.3) is 17.0 Å². The molecule has 0 aliphatic carbocycles. The van der Waals surface area contributed by atoms with Crippen LogP contribution in [0, 0.1) is 19.7 Å². The van der Waals surface area contributed by atoms with E-state index in [-0.39, 0.29) is 35.8 Å². The maximum atomic E-state index is 14.5. The third-order valence-corrected chi connectivity index (χ3v) is 6.25. The lowest BCUT2D eigenvalue weighted by Gasteiger charge is -2.43. The summed E-state index contributed by atoms with van der Waals surface area (Å²) in [6.45, 7) is 13.0. The predicted octanol–water partition coefficient (Wildman–Crippen LogP) is 4.45. The number of halogens is 1. The van der Waals surface area contributed by atoms with Crippen molar-refractivity contribution >= 4 is 17.6 Å². The van der Waals surface area contributed by atoms with Gasteiger partial charge in [-0.25, -0.2) is 24.1 Å². The highest BCUT2D eigenvalue weighted by Gasteiger charge is 2.37. The van der Waals surface area contributed by atoms with Crippen LogP contribution in [-0.4, -0.2) is 60.0 Å². The van der Waals surface area contributed by atoms with Gasteiger partial charge in [0.05, 0.1) is 17.0 Å². The number of carbonyl (C=O) groups excluding carboxylic acids is 2. The van der Waals surface area contributed by atoms with Gasteiger partial charge in [0.2, 0.25) is 0 Å². The summed E-state index contributed by atoms with van der Waals surface area (Å²) in [6, 6.07) is 1.05. The average Bonchev–Trinajstić information content (AvgIpc) is 3.12. The molecule has 4 rings (SSSR count). The Hall–Kier alpha value is -3.56. The van der Waals surface area contributed by atoms with Gasteiger partial charge in [0.1, 0.15) is 5.60 Å². The lowest BCUT2D eigenvalue weighted by atomic mass is 9.93. The molecule has 2 atom stereocenters. The molecule has 3 aromatic heterocycles. The molecule has 0 aromatic carbocycles. The molecule has 1 aliphatic heterocycles. The number of rotatable bonds is 3. The van der Waals surface area contributed by atoms with Gasteiger partial charge in [-0.15, -0.1) is 0 Å². The molecule has 0 bridgehead atoms. The number of carbonyl (C=O) groups is 2. The van der Waals surface area contributed by atoms with Crippen LogP contribution in [-0.2, 0) is 4.74 Å². The maximum Gasteiger partial charge on any atom is 0.410 e. The Kier molecular flexibility index (Phi) is 6.72. The zero-order chi connectivity index (χ0) is 26.4. The minimum Gasteiger partial charge on any atom is -0.444 e. The van der Waals surface area contributed by atoms with Crippen LogP contribution >= 0.6 is 0 Å². The summed E-state index contributed by atoms with van der Waals surface area (Å²) < 4.78 is 21.7. The molecule has 3 aromatic rings. The Morgan fingerprint density at radius 3 is 2.39 bits per heavy atom. The first-order valence-corrected chi connectivity index (χ1v) is 12.1. The van der Waals surface area contributed by atoms with E-state index >= 15 is 0 Å². The van der Waals surface area contributed by atoms with Gasteiger partial charge in [-0.3, -0.25) is 4.79 Å². The summed E-state index contributed by atoms with van der Waals surface area (Å²) in [5.74, 6) is -0.421. The smallest absolute Gasteiger partial charge is 0.410 e. The number of pyridine rings is 1. The van der Waals surface area contributed by atoms with E-state index < -0.39 is 11.4 Å². The molecule has 2 amide bonds. The summed E-state index contributed by atoms with van der Waals surface area (Å²) in [6.07, 6.45) is 5.79. The van der Waals surface area contributed by atoms with Crippen LogP contribution in [0.2, 0.25) is 0 Å². The molecule has 2 unspecified atom stereocenters. The van der Waals surface area contributed by atoms with Crippen molar-refractivity contribution in [1.82, 2.24) is 29.6 Å². The van der Waals surface area contributed by atoms with Crippen molar-refractivity contribution in [3.05, 3.63) is 47.4 Å². The Labute approximate surface area is 210 Å².